The first kappa shape index (κ1) is 19.9. The molecule has 0 unspecified atom stereocenters. The molecule has 0 heterocycles. The van der Waals surface area contributed by atoms with Crippen LogP contribution in [0.25, 0.3) is 0 Å². The Balaban J connectivity index is 1.79. The van der Waals surface area contributed by atoms with Gasteiger partial charge < -0.3 is 15.8 Å². The first-order valence-corrected chi connectivity index (χ1v) is 9.73. The maximum absolute atomic E-state index is 12.1. The average Bonchev–Trinajstić information content (AvgIpc) is 2.60. The highest BCUT2D eigenvalue weighted by Crippen LogP contribution is 2.14. The zero-order valence-corrected chi connectivity index (χ0v) is 15.0. The van der Waals surface area contributed by atoms with E-state index in [0.717, 1.165) is 5.56 Å². The van der Waals surface area contributed by atoms with E-state index >= 15 is 0 Å². The number of amides is 1. The molecule has 0 fully saturated rings. The number of ether oxygens (including phenoxy) is 1. The van der Waals surface area contributed by atoms with Crippen molar-refractivity contribution >= 4 is 21.7 Å². The van der Waals surface area contributed by atoms with Crippen molar-refractivity contribution in [2.75, 3.05) is 17.7 Å². The van der Waals surface area contributed by atoms with Crippen LogP contribution in [0.15, 0.2) is 54.6 Å². The van der Waals surface area contributed by atoms with Gasteiger partial charge in [0.05, 0.1) is 18.4 Å². The lowest BCUT2D eigenvalue weighted by Gasteiger charge is -2.13. The van der Waals surface area contributed by atoms with Crippen LogP contribution in [0.1, 0.15) is 12.0 Å². The number of hydrogen-bond acceptors (Lipinski definition) is 5. The second-order valence-corrected chi connectivity index (χ2v) is 7.37. The van der Waals surface area contributed by atoms with Crippen LogP contribution >= 0.6 is 0 Å². The van der Waals surface area contributed by atoms with E-state index in [-0.39, 0.29) is 24.7 Å². The molecule has 2 aromatic carbocycles. The van der Waals surface area contributed by atoms with Crippen molar-refractivity contribution in [3.8, 4) is 5.75 Å². The van der Waals surface area contributed by atoms with Crippen molar-refractivity contribution in [2.24, 2.45) is 5.73 Å². The third-order valence-electron chi connectivity index (χ3n) is 3.57. The number of hydrogen-bond donors (Lipinski definition) is 3. The van der Waals surface area contributed by atoms with Crippen molar-refractivity contribution in [3.63, 3.8) is 0 Å². The topological polar surface area (TPSA) is 119 Å². The molecule has 0 saturated carbocycles. The van der Waals surface area contributed by atoms with Gasteiger partial charge in [-0.2, -0.15) is 8.42 Å². The van der Waals surface area contributed by atoms with Gasteiger partial charge in [-0.3, -0.25) is 9.35 Å². The zero-order chi connectivity index (χ0) is 19.0. The van der Waals surface area contributed by atoms with Gasteiger partial charge in [0.15, 0.2) is 0 Å². The lowest BCUT2D eigenvalue weighted by Crippen LogP contribution is -2.37. The molecule has 8 heteroatoms. The van der Waals surface area contributed by atoms with Crippen molar-refractivity contribution in [1.82, 2.24) is 0 Å². The van der Waals surface area contributed by atoms with Crippen LogP contribution in [0.4, 0.5) is 5.69 Å². The summed E-state index contributed by atoms with van der Waals surface area (Å²) in [6.45, 7) is 0.179. The number of para-hydroxylation sites is 1. The van der Waals surface area contributed by atoms with Gasteiger partial charge in [-0.1, -0.05) is 30.3 Å². The third-order valence-corrected chi connectivity index (χ3v) is 4.38. The Bertz CT molecular complexity index is 807. The molecule has 0 aliphatic carbocycles. The van der Waals surface area contributed by atoms with Crippen LogP contribution in [-0.4, -0.2) is 37.3 Å². The molecule has 2 aromatic rings. The van der Waals surface area contributed by atoms with Gasteiger partial charge in [-0.15, -0.1) is 0 Å². The van der Waals surface area contributed by atoms with Gasteiger partial charge in [-0.25, -0.2) is 0 Å². The van der Waals surface area contributed by atoms with Crippen LogP contribution in [0.2, 0.25) is 0 Å². The highest BCUT2D eigenvalue weighted by molar-refractivity contribution is 7.85. The highest BCUT2D eigenvalue weighted by Gasteiger charge is 2.14. The summed E-state index contributed by atoms with van der Waals surface area (Å²) in [4.78, 5) is 12.1. The van der Waals surface area contributed by atoms with E-state index in [2.05, 4.69) is 5.32 Å². The molecule has 0 bridgehead atoms. The van der Waals surface area contributed by atoms with Gasteiger partial charge in [0.25, 0.3) is 10.1 Å². The van der Waals surface area contributed by atoms with Crippen LogP contribution in [0.5, 0.6) is 5.75 Å². The summed E-state index contributed by atoms with van der Waals surface area (Å²) in [6.07, 6.45) is 0.576. The Morgan fingerprint density at radius 1 is 1.12 bits per heavy atom. The standard InChI is InChI=1S/C18H22N2O5S/c19-17(18(21)20-15-5-2-1-3-6-15)13-14-7-9-16(10-8-14)25-11-4-12-26(22,23)24/h1-3,5-10,17H,4,11-13,19H2,(H,20,21)(H,22,23,24)/t17-/m0/s1. The molecule has 0 spiro atoms. The predicted molar refractivity (Wildman–Crippen MR) is 99.7 cm³/mol. The maximum atomic E-state index is 12.1. The number of nitrogens with two attached hydrogens (primary N) is 1. The molecule has 1 atom stereocenters. The fourth-order valence-electron chi connectivity index (χ4n) is 2.26. The van der Waals surface area contributed by atoms with Crippen molar-refractivity contribution < 1.29 is 22.5 Å². The van der Waals surface area contributed by atoms with Gasteiger partial charge in [-0.05, 0) is 42.7 Å². The molecule has 0 radical (unpaired) electrons. The number of rotatable bonds is 9. The minimum Gasteiger partial charge on any atom is -0.494 e. The summed E-state index contributed by atoms with van der Waals surface area (Å²) in [6, 6.07) is 15.5. The van der Waals surface area contributed by atoms with E-state index in [1.165, 1.54) is 0 Å². The lowest BCUT2D eigenvalue weighted by atomic mass is 10.1. The van der Waals surface area contributed by atoms with Crippen LogP contribution in [0, 0.1) is 0 Å². The van der Waals surface area contributed by atoms with E-state index in [4.69, 9.17) is 15.0 Å². The summed E-state index contributed by atoms with van der Waals surface area (Å²) < 4.78 is 35.3. The minimum atomic E-state index is -3.96. The van der Waals surface area contributed by atoms with Crippen LogP contribution < -0.4 is 15.8 Å². The van der Waals surface area contributed by atoms with Gasteiger partial charge in [0.1, 0.15) is 5.75 Å². The van der Waals surface area contributed by atoms with Crippen LogP contribution in [-0.2, 0) is 21.3 Å². The first-order valence-electron chi connectivity index (χ1n) is 8.12. The number of carbonyl (C=O) groups is 1. The molecule has 0 aliphatic heterocycles. The molecule has 2 rings (SSSR count). The van der Waals surface area contributed by atoms with E-state index in [1.807, 2.05) is 18.2 Å². The molecule has 1 amide bonds. The van der Waals surface area contributed by atoms with Crippen molar-refractivity contribution in [1.29, 1.82) is 0 Å². The third kappa shape index (κ3) is 7.22. The molecule has 140 valence electrons. The van der Waals surface area contributed by atoms with E-state index in [1.54, 1.807) is 36.4 Å². The molecule has 26 heavy (non-hydrogen) atoms. The largest absolute Gasteiger partial charge is 0.494 e. The van der Waals surface area contributed by atoms with E-state index < -0.39 is 16.2 Å². The molecule has 4 N–H and O–H groups in total. The summed E-state index contributed by atoms with van der Waals surface area (Å²) >= 11 is 0. The summed E-state index contributed by atoms with van der Waals surface area (Å²) in [5.41, 5.74) is 7.53. The summed E-state index contributed by atoms with van der Waals surface area (Å²) in [7, 11) is -3.96. The molecule has 0 aromatic heterocycles. The minimum absolute atomic E-state index is 0.179. The molecule has 0 aliphatic rings. The second kappa shape index (κ2) is 9.33. The summed E-state index contributed by atoms with van der Waals surface area (Å²) in [5, 5.41) is 2.76. The Morgan fingerprint density at radius 2 is 1.77 bits per heavy atom. The summed E-state index contributed by atoms with van der Waals surface area (Å²) in [5.74, 6) is -0.0238. The smallest absolute Gasteiger partial charge is 0.264 e. The lowest BCUT2D eigenvalue weighted by molar-refractivity contribution is -0.117. The quantitative estimate of drug-likeness (QED) is 0.453. The van der Waals surface area contributed by atoms with E-state index in [0.29, 0.717) is 17.9 Å². The fourth-order valence-corrected chi connectivity index (χ4v) is 2.74. The molecular weight excluding hydrogens is 356 g/mol. The predicted octanol–water partition coefficient (Wildman–Crippen LogP) is 1.85. The van der Waals surface area contributed by atoms with Gasteiger partial charge in [0, 0.05) is 5.69 Å². The number of anilines is 1. The van der Waals surface area contributed by atoms with Crippen LogP contribution in [0.3, 0.4) is 0 Å². The Kier molecular flexibility index (Phi) is 7.14. The molecule has 0 saturated heterocycles. The normalized spacial score (nSPS) is 12.4. The number of nitrogens with one attached hydrogen (secondary N) is 1. The number of benzene rings is 2. The first-order chi connectivity index (χ1) is 12.3. The SMILES string of the molecule is N[C@@H](Cc1ccc(OCCCS(=O)(=O)O)cc1)C(=O)Nc1ccccc1. The van der Waals surface area contributed by atoms with Gasteiger partial charge >= 0.3 is 0 Å². The molecule has 7 nitrogen and oxygen atoms in total. The second-order valence-electron chi connectivity index (χ2n) is 5.80. The Hall–Kier alpha value is -2.42. The highest BCUT2D eigenvalue weighted by atomic mass is 32.2. The Morgan fingerprint density at radius 3 is 2.38 bits per heavy atom. The Labute approximate surface area is 152 Å². The zero-order valence-electron chi connectivity index (χ0n) is 14.2. The van der Waals surface area contributed by atoms with Crippen molar-refractivity contribution in [3.05, 3.63) is 60.2 Å². The fraction of sp³-hybridized carbons (Fsp3) is 0.278. The van der Waals surface area contributed by atoms with E-state index in [9.17, 15) is 13.2 Å². The van der Waals surface area contributed by atoms with Crippen molar-refractivity contribution in [2.45, 2.75) is 18.9 Å². The monoisotopic (exact) mass is 378 g/mol. The van der Waals surface area contributed by atoms with Gasteiger partial charge in [0.2, 0.25) is 5.91 Å². The number of carbonyl (C=O) groups excluding carboxylic acids is 1. The maximum Gasteiger partial charge on any atom is 0.264 e. The average molecular weight is 378 g/mol. The molecular formula is C18H22N2O5S.